The summed E-state index contributed by atoms with van der Waals surface area (Å²) in [5.41, 5.74) is 0.830. The largest absolute Gasteiger partial charge is 0.343 e. The molecule has 21 heavy (non-hydrogen) atoms. The molecule has 2 amide bonds. The van der Waals surface area contributed by atoms with Crippen molar-refractivity contribution >= 4 is 11.8 Å². The number of nitrogens with zero attached hydrogens (tertiary/aromatic N) is 1. The van der Waals surface area contributed by atoms with E-state index < -0.39 is 12.1 Å². The number of hydrogen-bond acceptors (Lipinski definition) is 2. The third-order valence-corrected chi connectivity index (χ3v) is 3.90. The zero-order valence-electron chi connectivity index (χ0n) is 12.4. The summed E-state index contributed by atoms with van der Waals surface area (Å²) in [4.78, 5) is 26.1. The number of hydrogen-bond donors (Lipinski definition) is 1. The summed E-state index contributed by atoms with van der Waals surface area (Å²) < 4.78 is 13.2. The monoisotopic (exact) mass is 292 g/mol. The Morgan fingerprint density at radius 2 is 2.00 bits per heavy atom. The van der Waals surface area contributed by atoms with Gasteiger partial charge in [0, 0.05) is 6.54 Å². The van der Waals surface area contributed by atoms with Gasteiger partial charge < -0.3 is 10.2 Å². The fourth-order valence-corrected chi connectivity index (χ4v) is 2.72. The highest BCUT2D eigenvalue weighted by atomic mass is 19.1. The van der Waals surface area contributed by atoms with E-state index in [1.165, 1.54) is 12.1 Å². The quantitative estimate of drug-likeness (QED) is 0.901. The van der Waals surface area contributed by atoms with Crippen molar-refractivity contribution in [3.8, 4) is 0 Å². The zero-order chi connectivity index (χ0) is 15.4. The zero-order valence-corrected chi connectivity index (χ0v) is 12.4. The maximum absolute atomic E-state index is 13.2. The van der Waals surface area contributed by atoms with Crippen molar-refractivity contribution in [2.24, 2.45) is 0 Å². The van der Waals surface area contributed by atoms with E-state index in [9.17, 15) is 14.0 Å². The molecule has 1 N–H and O–H groups in total. The average molecular weight is 292 g/mol. The number of nitrogens with one attached hydrogen (secondary N) is 1. The lowest BCUT2D eigenvalue weighted by molar-refractivity contribution is -0.149. The van der Waals surface area contributed by atoms with Crippen LogP contribution >= 0.6 is 0 Å². The van der Waals surface area contributed by atoms with Crippen molar-refractivity contribution in [2.45, 2.75) is 45.2 Å². The highest BCUT2D eigenvalue weighted by molar-refractivity contribution is 5.96. The van der Waals surface area contributed by atoms with Crippen molar-refractivity contribution in [3.05, 3.63) is 35.6 Å². The molecule has 1 aromatic carbocycles. The van der Waals surface area contributed by atoms with Crippen LogP contribution in [0, 0.1) is 5.82 Å². The Bertz CT molecular complexity index is 533. The molecule has 0 spiro atoms. The van der Waals surface area contributed by atoms with Gasteiger partial charge in [-0.25, -0.2) is 4.39 Å². The number of amides is 2. The minimum Gasteiger partial charge on any atom is -0.343 e. The summed E-state index contributed by atoms with van der Waals surface area (Å²) in [5, 5.41) is 2.76. The number of piperazine rings is 1. The van der Waals surface area contributed by atoms with E-state index in [2.05, 4.69) is 5.32 Å². The van der Waals surface area contributed by atoms with Crippen LogP contribution in [0.1, 0.15) is 32.3 Å². The first kappa shape index (κ1) is 15.5. The number of carbonyl (C=O) groups is 2. The second-order valence-electron chi connectivity index (χ2n) is 5.31. The van der Waals surface area contributed by atoms with Crippen LogP contribution in [-0.4, -0.2) is 35.3 Å². The summed E-state index contributed by atoms with van der Waals surface area (Å²) in [6.07, 6.45) is 1.71. The Morgan fingerprint density at radius 3 is 2.62 bits per heavy atom. The van der Waals surface area contributed by atoms with Gasteiger partial charge in [-0.3, -0.25) is 9.59 Å². The Kier molecular flexibility index (Phi) is 4.94. The first-order valence-corrected chi connectivity index (χ1v) is 7.42. The fraction of sp³-hybridized carbons (Fsp3) is 0.500. The molecule has 1 aromatic rings. The van der Waals surface area contributed by atoms with Crippen molar-refractivity contribution in [1.29, 1.82) is 0 Å². The van der Waals surface area contributed by atoms with Crippen LogP contribution in [0.4, 0.5) is 4.39 Å². The van der Waals surface area contributed by atoms with Crippen molar-refractivity contribution in [3.63, 3.8) is 0 Å². The number of benzene rings is 1. The smallest absolute Gasteiger partial charge is 0.245 e. The van der Waals surface area contributed by atoms with Crippen LogP contribution in [-0.2, 0) is 16.0 Å². The normalized spacial score (nSPS) is 22.3. The Balaban J connectivity index is 2.10. The minimum absolute atomic E-state index is 0.0413. The minimum atomic E-state index is -0.437. The second-order valence-corrected chi connectivity index (χ2v) is 5.31. The molecular weight excluding hydrogens is 271 g/mol. The third-order valence-electron chi connectivity index (χ3n) is 3.90. The number of halogens is 1. The van der Waals surface area contributed by atoms with E-state index in [0.717, 1.165) is 5.56 Å². The lowest BCUT2D eigenvalue weighted by atomic mass is 10.0. The maximum Gasteiger partial charge on any atom is 0.245 e. The molecule has 2 rings (SSSR count). The van der Waals surface area contributed by atoms with E-state index >= 15 is 0 Å². The molecule has 2 atom stereocenters. The molecular formula is C16H21FN2O2. The molecule has 5 heteroatoms. The van der Waals surface area contributed by atoms with Crippen LogP contribution in [0.2, 0.25) is 0 Å². The van der Waals surface area contributed by atoms with Crippen LogP contribution < -0.4 is 5.32 Å². The molecule has 0 bridgehead atoms. The second kappa shape index (κ2) is 6.70. The first-order chi connectivity index (χ1) is 10.1. The van der Waals surface area contributed by atoms with Crippen LogP contribution in [0.15, 0.2) is 24.3 Å². The average Bonchev–Trinajstić information content (AvgIpc) is 2.47. The molecule has 1 heterocycles. The lowest BCUT2D eigenvalue weighted by Gasteiger charge is -2.38. The highest BCUT2D eigenvalue weighted by Crippen LogP contribution is 2.16. The van der Waals surface area contributed by atoms with Crippen LogP contribution in [0.5, 0.6) is 0 Å². The molecule has 0 radical (unpaired) electrons. The lowest BCUT2D eigenvalue weighted by Crippen LogP contribution is -2.63. The summed E-state index contributed by atoms with van der Waals surface area (Å²) >= 11 is 0. The van der Waals surface area contributed by atoms with E-state index in [1.807, 2.05) is 19.9 Å². The van der Waals surface area contributed by atoms with Crippen molar-refractivity contribution in [2.75, 3.05) is 6.54 Å². The van der Waals surface area contributed by atoms with E-state index in [-0.39, 0.29) is 17.6 Å². The van der Waals surface area contributed by atoms with Gasteiger partial charge in [-0.15, -0.1) is 0 Å². The molecule has 0 aromatic heterocycles. The summed E-state index contributed by atoms with van der Waals surface area (Å²) in [6, 6.07) is 5.48. The van der Waals surface area contributed by atoms with E-state index in [4.69, 9.17) is 0 Å². The third kappa shape index (κ3) is 3.40. The summed E-state index contributed by atoms with van der Waals surface area (Å²) in [5.74, 6) is -0.419. The Labute approximate surface area is 124 Å². The van der Waals surface area contributed by atoms with Gasteiger partial charge >= 0.3 is 0 Å². The predicted molar refractivity (Wildman–Crippen MR) is 78.1 cm³/mol. The standard InChI is InChI=1S/C16H21FN2O2/c1-3-13-16(21)19(14(4-2)15(20)18-13)9-8-11-6-5-7-12(17)10-11/h5-7,10,13-14H,3-4,8-9H2,1-2H3,(H,18,20). The van der Waals surface area contributed by atoms with E-state index in [0.29, 0.717) is 25.8 Å². The Hall–Kier alpha value is -1.91. The molecule has 1 aliphatic rings. The van der Waals surface area contributed by atoms with Crippen LogP contribution in [0.3, 0.4) is 0 Å². The number of rotatable bonds is 5. The topological polar surface area (TPSA) is 49.4 Å². The molecule has 0 aliphatic carbocycles. The van der Waals surface area contributed by atoms with Gasteiger partial charge in [0.15, 0.2) is 0 Å². The van der Waals surface area contributed by atoms with Gasteiger partial charge in [-0.1, -0.05) is 26.0 Å². The van der Waals surface area contributed by atoms with Crippen molar-refractivity contribution in [1.82, 2.24) is 10.2 Å². The maximum atomic E-state index is 13.2. The van der Waals surface area contributed by atoms with Gasteiger partial charge in [0.25, 0.3) is 0 Å². The summed E-state index contributed by atoms with van der Waals surface area (Å²) in [6.45, 7) is 4.20. The molecule has 0 saturated carbocycles. The molecule has 2 unspecified atom stereocenters. The number of carbonyl (C=O) groups excluding carboxylic acids is 2. The highest BCUT2D eigenvalue weighted by Gasteiger charge is 2.38. The van der Waals surface area contributed by atoms with Gasteiger partial charge in [-0.05, 0) is 37.0 Å². The van der Waals surface area contributed by atoms with Gasteiger partial charge in [0.2, 0.25) is 11.8 Å². The fourth-order valence-electron chi connectivity index (χ4n) is 2.72. The van der Waals surface area contributed by atoms with Gasteiger partial charge in [-0.2, -0.15) is 0 Å². The Morgan fingerprint density at radius 1 is 1.24 bits per heavy atom. The van der Waals surface area contributed by atoms with E-state index in [1.54, 1.807) is 11.0 Å². The van der Waals surface area contributed by atoms with Gasteiger partial charge in [0.05, 0.1) is 0 Å². The van der Waals surface area contributed by atoms with Crippen LogP contribution in [0.25, 0.3) is 0 Å². The molecule has 1 saturated heterocycles. The molecule has 1 fully saturated rings. The molecule has 4 nitrogen and oxygen atoms in total. The SMILES string of the molecule is CCC1NC(=O)C(CC)N(CCc2cccc(F)c2)C1=O. The van der Waals surface area contributed by atoms with Gasteiger partial charge in [0.1, 0.15) is 17.9 Å². The first-order valence-electron chi connectivity index (χ1n) is 7.42. The predicted octanol–water partition coefficient (Wildman–Crippen LogP) is 1.88. The molecule has 1 aliphatic heterocycles. The van der Waals surface area contributed by atoms with Crippen molar-refractivity contribution < 1.29 is 14.0 Å². The molecule has 114 valence electrons. The summed E-state index contributed by atoms with van der Waals surface area (Å²) in [7, 11) is 0.